The fourth-order valence-electron chi connectivity index (χ4n) is 5.44. The van der Waals surface area contributed by atoms with E-state index in [1.54, 1.807) is 12.1 Å². The normalized spacial score (nSPS) is 29.5. The third-order valence-electron chi connectivity index (χ3n) is 7.14. The van der Waals surface area contributed by atoms with Gasteiger partial charge in [-0.25, -0.2) is 4.39 Å². The molecule has 0 heterocycles. The zero-order valence-corrected chi connectivity index (χ0v) is 16.6. The van der Waals surface area contributed by atoms with Crippen molar-refractivity contribution in [2.75, 3.05) is 0 Å². The molecule has 26 heavy (non-hydrogen) atoms. The van der Waals surface area contributed by atoms with Gasteiger partial charge >= 0.3 is 0 Å². The lowest BCUT2D eigenvalue weighted by Crippen LogP contribution is -2.25. The Hall–Kier alpha value is -1.18. The molecule has 1 aromatic rings. The second kappa shape index (κ2) is 9.15. The van der Waals surface area contributed by atoms with Crippen molar-refractivity contribution in [3.05, 3.63) is 35.1 Å². The molecule has 0 aromatic heterocycles. The highest BCUT2D eigenvalue weighted by Crippen LogP contribution is 2.44. The molecule has 0 atom stereocenters. The first-order valence-corrected chi connectivity index (χ1v) is 10.9. The van der Waals surface area contributed by atoms with Crippen LogP contribution in [0.5, 0.6) is 0 Å². The Morgan fingerprint density at radius 2 is 1.62 bits per heavy atom. The summed E-state index contributed by atoms with van der Waals surface area (Å²) in [7, 11) is 0. The maximum absolute atomic E-state index is 14.1. The Morgan fingerprint density at radius 1 is 1.00 bits per heavy atom. The lowest BCUT2D eigenvalue weighted by Gasteiger charge is -2.38. The molecule has 2 aliphatic carbocycles. The van der Waals surface area contributed by atoms with E-state index in [2.05, 4.69) is 6.92 Å². The first-order chi connectivity index (χ1) is 12.6. The van der Waals surface area contributed by atoms with Gasteiger partial charge < -0.3 is 0 Å². The third-order valence-corrected chi connectivity index (χ3v) is 7.14. The standard InChI is InChI=1S/C24H35FO/c1-3-4-5-18-6-8-19(9-7-18)20-10-12-21(13-11-20)22-14-15-23(17(2)26)24(25)16-22/h14-16,18-21H,3-13H2,1-2H3/t18-,19-,20?,21?. The summed E-state index contributed by atoms with van der Waals surface area (Å²) in [5.74, 6) is 2.76. The monoisotopic (exact) mass is 358 g/mol. The van der Waals surface area contributed by atoms with Crippen LogP contribution >= 0.6 is 0 Å². The second-order valence-corrected chi connectivity index (χ2v) is 8.83. The van der Waals surface area contributed by atoms with Crippen molar-refractivity contribution in [3.8, 4) is 0 Å². The van der Waals surface area contributed by atoms with Gasteiger partial charge in [0.2, 0.25) is 0 Å². The predicted octanol–water partition coefficient (Wildman–Crippen LogP) is 7.30. The van der Waals surface area contributed by atoms with Crippen LogP contribution in [0.4, 0.5) is 4.39 Å². The highest BCUT2D eigenvalue weighted by atomic mass is 19.1. The SMILES string of the molecule is CCCC[C@H]1CC[C@H](C2CCC(c3ccc(C(C)=O)c(F)c3)CC2)CC1. The molecule has 0 radical (unpaired) electrons. The first-order valence-electron chi connectivity index (χ1n) is 10.9. The van der Waals surface area contributed by atoms with Gasteiger partial charge in [-0.1, -0.05) is 45.1 Å². The van der Waals surface area contributed by atoms with Crippen molar-refractivity contribution in [2.45, 2.75) is 90.4 Å². The van der Waals surface area contributed by atoms with Crippen molar-refractivity contribution in [2.24, 2.45) is 17.8 Å². The van der Waals surface area contributed by atoms with Crippen LogP contribution in [0.1, 0.15) is 106 Å². The van der Waals surface area contributed by atoms with E-state index in [1.165, 1.54) is 77.6 Å². The molecular weight excluding hydrogens is 323 g/mol. The average molecular weight is 359 g/mol. The van der Waals surface area contributed by atoms with Gasteiger partial charge in [-0.15, -0.1) is 0 Å². The van der Waals surface area contributed by atoms with Crippen LogP contribution < -0.4 is 0 Å². The number of ketones is 1. The predicted molar refractivity (Wildman–Crippen MR) is 106 cm³/mol. The Kier molecular flexibility index (Phi) is 6.89. The van der Waals surface area contributed by atoms with E-state index in [1.807, 2.05) is 6.07 Å². The number of benzene rings is 1. The number of Topliss-reactive ketones (excluding diaryl/α,β-unsaturated/α-hetero) is 1. The van der Waals surface area contributed by atoms with Crippen molar-refractivity contribution in [3.63, 3.8) is 0 Å². The summed E-state index contributed by atoms with van der Waals surface area (Å²) < 4.78 is 14.1. The lowest BCUT2D eigenvalue weighted by atomic mass is 9.68. The van der Waals surface area contributed by atoms with E-state index in [0.717, 1.165) is 23.3 Å². The fourth-order valence-corrected chi connectivity index (χ4v) is 5.44. The minimum Gasteiger partial charge on any atom is -0.294 e. The number of hydrogen-bond donors (Lipinski definition) is 0. The van der Waals surface area contributed by atoms with Gasteiger partial charge in [0, 0.05) is 0 Å². The molecule has 2 saturated carbocycles. The van der Waals surface area contributed by atoms with Crippen LogP contribution in [0.2, 0.25) is 0 Å². The molecule has 3 rings (SSSR count). The summed E-state index contributed by atoms with van der Waals surface area (Å²) >= 11 is 0. The highest BCUT2D eigenvalue weighted by Gasteiger charge is 2.31. The minimum absolute atomic E-state index is 0.188. The Labute approximate surface area is 158 Å². The highest BCUT2D eigenvalue weighted by molar-refractivity contribution is 5.94. The third kappa shape index (κ3) is 4.75. The van der Waals surface area contributed by atoms with Gasteiger partial charge in [0.25, 0.3) is 0 Å². The number of rotatable bonds is 6. The van der Waals surface area contributed by atoms with Gasteiger partial charge in [0.05, 0.1) is 5.56 Å². The van der Waals surface area contributed by atoms with Crippen molar-refractivity contribution < 1.29 is 9.18 Å². The largest absolute Gasteiger partial charge is 0.294 e. The molecular formula is C24H35FO. The first kappa shape index (κ1) is 19.6. The van der Waals surface area contributed by atoms with Gasteiger partial charge in [0.1, 0.15) is 5.82 Å². The smallest absolute Gasteiger partial charge is 0.162 e. The Bertz CT molecular complexity index is 592. The molecule has 0 bridgehead atoms. The summed E-state index contributed by atoms with van der Waals surface area (Å²) in [6, 6.07) is 5.26. The summed E-state index contributed by atoms with van der Waals surface area (Å²) in [6.07, 6.45) is 14.9. The second-order valence-electron chi connectivity index (χ2n) is 8.83. The van der Waals surface area contributed by atoms with E-state index < -0.39 is 0 Å². The Balaban J connectivity index is 1.49. The van der Waals surface area contributed by atoms with Gasteiger partial charge in [-0.2, -0.15) is 0 Å². The zero-order valence-electron chi connectivity index (χ0n) is 16.6. The molecule has 144 valence electrons. The fraction of sp³-hybridized carbons (Fsp3) is 0.708. The molecule has 1 aromatic carbocycles. The molecule has 2 fully saturated rings. The van der Waals surface area contributed by atoms with Crippen LogP contribution in [0.3, 0.4) is 0 Å². The molecule has 0 unspecified atom stereocenters. The molecule has 0 spiro atoms. The van der Waals surface area contributed by atoms with Crippen molar-refractivity contribution in [1.82, 2.24) is 0 Å². The van der Waals surface area contributed by atoms with E-state index in [0.29, 0.717) is 5.92 Å². The molecule has 1 nitrogen and oxygen atoms in total. The molecule has 0 aliphatic heterocycles. The van der Waals surface area contributed by atoms with Crippen LogP contribution in [0.15, 0.2) is 18.2 Å². The number of unbranched alkanes of at least 4 members (excludes halogenated alkanes) is 1. The average Bonchev–Trinajstić information content (AvgIpc) is 2.66. The molecule has 0 saturated heterocycles. The molecule has 0 N–H and O–H groups in total. The van der Waals surface area contributed by atoms with E-state index >= 15 is 0 Å². The van der Waals surface area contributed by atoms with E-state index in [4.69, 9.17) is 0 Å². The van der Waals surface area contributed by atoms with Gasteiger partial charge in [-0.05, 0) is 86.8 Å². The topological polar surface area (TPSA) is 17.1 Å². The molecule has 0 amide bonds. The quantitative estimate of drug-likeness (QED) is 0.488. The minimum atomic E-state index is -0.345. The zero-order chi connectivity index (χ0) is 18.5. The number of hydrogen-bond acceptors (Lipinski definition) is 1. The number of carbonyl (C=O) groups is 1. The van der Waals surface area contributed by atoms with Crippen LogP contribution in [0, 0.1) is 23.6 Å². The van der Waals surface area contributed by atoms with Crippen LogP contribution in [-0.4, -0.2) is 5.78 Å². The van der Waals surface area contributed by atoms with Crippen LogP contribution in [-0.2, 0) is 0 Å². The summed E-state index contributed by atoms with van der Waals surface area (Å²) in [6.45, 7) is 3.73. The maximum Gasteiger partial charge on any atom is 0.162 e. The number of halogens is 1. The lowest BCUT2D eigenvalue weighted by molar-refractivity contribution is 0.101. The van der Waals surface area contributed by atoms with Gasteiger partial charge in [0.15, 0.2) is 5.78 Å². The maximum atomic E-state index is 14.1. The summed E-state index contributed by atoms with van der Waals surface area (Å²) in [5.41, 5.74) is 1.32. The van der Waals surface area contributed by atoms with E-state index in [-0.39, 0.29) is 17.2 Å². The van der Waals surface area contributed by atoms with Gasteiger partial charge in [-0.3, -0.25) is 4.79 Å². The molecule has 2 aliphatic rings. The summed E-state index contributed by atoms with van der Waals surface area (Å²) in [4.78, 5) is 11.4. The van der Waals surface area contributed by atoms with Crippen molar-refractivity contribution in [1.29, 1.82) is 0 Å². The number of carbonyl (C=O) groups excluding carboxylic acids is 1. The molecule has 2 heteroatoms. The van der Waals surface area contributed by atoms with E-state index in [9.17, 15) is 9.18 Å². The Morgan fingerprint density at radius 3 is 2.15 bits per heavy atom. The summed E-state index contributed by atoms with van der Waals surface area (Å²) in [5, 5.41) is 0. The van der Waals surface area contributed by atoms with Crippen LogP contribution in [0.25, 0.3) is 0 Å². The van der Waals surface area contributed by atoms with Crippen molar-refractivity contribution >= 4 is 5.78 Å².